The summed E-state index contributed by atoms with van der Waals surface area (Å²) in [6, 6.07) is 0.458. The van der Waals surface area contributed by atoms with Crippen molar-refractivity contribution in [1.82, 2.24) is 5.32 Å². The van der Waals surface area contributed by atoms with Gasteiger partial charge in [0.15, 0.2) is 5.17 Å². The summed E-state index contributed by atoms with van der Waals surface area (Å²) < 4.78 is 5.44. The first-order chi connectivity index (χ1) is 8.15. The molecule has 1 N–H and O–H groups in total. The molecule has 0 amide bonds. The van der Waals surface area contributed by atoms with Crippen LogP contribution >= 0.6 is 11.8 Å². The summed E-state index contributed by atoms with van der Waals surface area (Å²) >= 11 is 1.89. The monoisotopic (exact) mass is 256 g/mol. The van der Waals surface area contributed by atoms with Crippen LogP contribution in [0.25, 0.3) is 0 Å². The third-order valence-corrected chi connectivity index (χ3v) is 4.96. The topological polar surface area (TPSA) is 33.6 Å². The minimum absolute atomic E-state index is 0.275. The average Bonchev–Trinajstić information content (AvgIpc) is 2.70. The van der Waals surface area contributed by atoms with E-state index >= 15 is 0 Å². The number of nitrogens with zero attached hydrogens (tertiary/aromatic N) is 1. The molecular formula is C13H24N2OS. The van der Waals surface area contributed by atoms with E-state index in [4.69, 9.17) is 9.73 Å². The van der Waals surface area contributed by atoms with Crippen molar-refractivity contribution in [1.29, 1.82) is 0 Å². The Labute approximate surface area is 109 Å². The van der Waals surface area contributed by atoms with Crippen LogP contribution in [0.5, 0.6) is 0 Å². The Morgan fingerprint density at radius 1 is 1.41 bits per heavy atom. The van der Waals surface area contributed by atoms with Crippen molar-refractivity contribution >= 4 is 16.9 Å². The fraction of sp³-hybridized carbons (Fsp3) is 0.923. The number of aliphatic imine (C=N–C) groups is 1. The molecule has 4 heteroatoms. The number of hydrogen-bond donors (Lipinski definition) is 1. The van der Waals surface area contributed by atoms with Gasteiger partial charge in [-0.15, -0.1) is 0 Å². The molecule has 0 aliphatic carbocycles. The minimum atomic E-state index is 0.275. The Bertz CT molecular complexity index is 285. The van der Waals surface area contributed by atoms with Crippen LogP contribution in [0.1, 0.15) is 40.0 Å². The SMILES string of the molecule is CCC(N=C1NC2(CCOCC2)CS1)C(C)C. The van der Waals surface area contributed by atoms with Crippen LogP contribution in [0, 0.1) is 5.92 Å². The molecule has 0 radical (unpaired) electrons. The van der Waals surface area contributed by atoms with Crippen LogP contribution in [0.4, 0.5) is 0 Å². The Hall–Kier alpha value is -0.220. The van der Waals surface area contributed by atoms with Crippen LogP contribution in [-0.4, -0.2) is 35.7 Å². The van der Waals surface area contributed by atoms with E-state index in [2.05, 4.69) is 26.1 Å². The number of amidine groups is 1. The maximum absolute atomic E-state index is 5.44. The first kappa shape index (κ1) is 13.2. The number of ether oxygens (including phenoxy) is 1. The van der Waals surface area contributed by atoms with Crippen molar-refractivity contribution in [2.75, 3.05) is 19.0 Å². The normalized spacial score (nSPS) is 27.6. The maximum atomic E-state index is 5.44. The molecule has 0 bridgehead atoms. The highest BCUT2D eigenvalue weighted by Crippen LogP contribution is 2.32. The van der Waals surface area contributed by atoms with Crippen molar-refractivity contribution in [3.05, 3.63) is 0 Å². The molecule has 98 valence electrons. The third-order valence-electron chi connectivity index (χ3n) is 3.78. The fourth-order valence-corrected chi connectivity index (χ4v) is 3.74. The second-order valence-electron chi connectivity index (χ2n) is 5.46. The van der Waals surface area contributed by atoms with Gasteiger partial charge in [-0.2, -0.15) is 0 Å². The van der Waals surface area contributed by atoms with Crippen molar-refractivity contribution in [3.63, 3.8) is 0 Å². The van der Waals surface area contributed by atoms with Crippen LogP contribution < -0.4 is 5.32 Å². The van der Waals surface area contributed by atoms with Gasteiger partial charge < -0.3 is 10.1 Å². The Balaban J connectivity index is 1.98. The van der Waals surface area contributed by atoms with E-state index < -0.39 is 0 Å². The largest absolute Gasteiger partial charge is 0.381 e. The van der Waals surface area contributed by atoms with Gasteiger partial charge in [-0.25, -0.2) is 0 Å². The molecule has 1 unspecified atom stereocenters. The molecule has 2 heterocycles. The van der Waals surface area contributed by atoms with Gasteiger partial charge in [-0.05, 0) is 25.2 Å². The third kappa shape index (κ3) is 3.16. The van der Waals surface area contributed by atoms with Crippen LogP contribution in [0.15, 0.2) is 4.99 Å². The molecule has 3 nitrogen and oxygen atoms in total. The second kappa shape index (κ2) is 5.61. The summed E-state index contributed by atoms with van der Waals surface area (Å²) in [5, 5.41) is 4.82. The van der Waals surface area contributed by atoms with E-state index in [0.717, 1.165) is 43.4 Å². The number of hydrogen-bond acceptors (Lipinski definition) is 3. The minimum Gasteiger partial charge on any atom is -0.381 e. The van der Waals surface area contributed by atoms with Crippen LogP contribution in [-0.2, 0) is 4.74 Å². The maximum Gasteiger partial charge on any atom is 0.157 e. The van der Waals surface area contributed by atoms with E-state index in [1.165, 1.54) is 0 Å². The summed E-state index contributed by atoms with van der Waals surface area (Å²) in [6.45, 7) is 8.51. The molecule has 1 atom stereocenters. The lowest BCUT2D eigenvalue weighted by Crippen LogP contribution is -2.48. The zero-order valence-corrected chi connectivity index (χ0v) is 12.0. The van der Waals surface area contributed by atoms with E-state index in [-0.39, 0.29) is 5.54 Å². The van der Waals surface area contributed by atoms with Crippen molar-refractivity contribution in [3.8, 4) is 0 Å². The standard InChI is InChI=1S/C13H24N2OS/c1-4-11(10(2)3)14-12-15-13(9-17-12)5-7-16-8-6-13/h10-11H,4-9H2,1-3H3,(H,14,15). The van der Waals surface area contributed by atoms with E-state index in [9.17, 15) is 0 Å². The lowest BCUT2D eigenvalue weighted by molar-refractivity contribution is 0.0555. The fourth-order valence-electron chi connectivity index (χ4n) is 2.47. The molecule has 0 aromatic carbocycles. The molecule has 2 rings (SSSR count). The summed E-state index contributed by atoms with van der Waals surface area (Å²) in [4.78, 5) is 4.87. The molecule has 0 aromatic heterocycles. The first-order valence-corrected chi connectivity index (χ1v) is 7.70. The molecule has 2 aliphatic heterocycles. The molecule has 1 spiro atoms. The highest BCUT2D eigenvalue weighted by molar-refractivity contribution is 8.14. The number of rotatable bonds is 3. The van der Waals surface area contributed by atoms with E-state index in [1.54, 1.807) is 0 Å². The summed E-state index contributed by atoms with van der Waals surface area (Å²) in [5.74, 6) is 1.78. The van der Waals surface area contributed by atoms with Crippen molar-refractivity contribution in [2.24, 2.45) is 10.9 Å². The summed E-state index contributed by atoms with van der Waals surface area (Å²) in [6.07, 6.45) is 3.37. The Morgan fingerprint density at radius 2 is 2.12 bits per heavy atom. The van der Waals surface area contributed by atoms with Gasteiger partial charge in [0.05, 0.1) is 11.6 Å². The Morgan fingerprint density at radius 3 is 2.71 bits per heavy atom. The van der Waals surface area contributed by atoms with Gasteiger partial charge in [-0.3, -0.25) is 4.99 Å². The van der Waals surface area contributed by atoms with Crippen molar-refractivity contribution < 1.29 is 4.74 Å². The summed E-state index contributed by atoms with van der Waals surface area (Å²) in [5.41, 5.74) is 0.275. The zero-order chi connectivity index (χ0) is 12.3. The second-order valence-corrected chi connectivity index (χ2v) is 6.42. The van der Waals surface area contributed by atoms with Gasteiger partial charge in [0.2, 0.25) is 0 Å². The van der Waals surface area contributed by atoms with Gasteiger partial charge in [0.25, 0.3) is 0 Å². The van der Waals surface area contributed by atoms with Crippen LogP contribution in [0.3, 0.4) is 0 Å². The smallest absolute Gasteiger partial charge is 0.157 e. The Kier molecular flexibility index (Phi) is 4.36. The van der Waals surface area contributed by atoms with E-state index in [0.29, 0.717) is 12.0 Å². The van der Waals surface area contributed by atoms with Gasteiger partial charge in [0, 0.05) is 19.0 Å². The molecule has 2 saturated heterocycles. The molecule has 2 fully saturated rings. The number of nitrogens with one attached hydrogen (secondary N) is 1. The lowest BCUT2D eigenvalue weighted by atomic mass is 9.93. The summed E-state index contributed by atoms with van der Waals surface area (Å²) in [7, 11) is 0. The van der Waals surface area contributed by atoms with Gasteiger partial charge >= 0.3 is 0 Å². The molecule has 0 saturated carbocycles. The van der Waals surface area contributed by atoms with Gasteiger partial charge in [-0.1, -0.05) is 32.5 Å². The predicted molar refractivity (Wildman–Crippen MR) is 74.7 cm³/mol. The number of thioether (sulfide) groups is 1. The van der Waals surface area contributed by atoms with Gasteiger partial charge in [0.1, 0.15) is 0 Å². The predicted octanol–water partition coefficient (Wildman–Crippen LogP) is 2.66. The molecule has 2 aliphatic rings. The molecule has 17 heavy (non-hydrogen) atoms. The highest BCUT2D eigenvalue weighted by Gasteiger charge is 2.38. The van der Waals surface area contributed by atoms with Crippen molar-refractivity contribution in [2.45, 2.75) is 51.6 Å². The average molecular weight is 256 g/mol. The quantitative estimate of drug-likeness (QED) is 0.843. The van der Waals surface area contributed by atoms with Crippen LogP contribution in [0.2, 0.25) is 0 Å². The van der Waals surface area contributed by atoms with E-state index in [1.807, 2.05) is 11.8 Å². The first-order valence-electron chi connectivity index (χ1n) is 6.72. The molecular weight excluding hydrogens is 232 g/mol. The molecule has 0 aromatic rings. The highest BCUT2D eigenvalue weighted by atomic mass is 32.2. The lowest BCUT2D eigenvalue weighted by Gasteiger charge is -2.32. The zero-order valence-electron chi connectivity index (χ0n) is 11.2.